The standard InChI is InChI=1S/C21H23Cl2NO4/c1-21(2,3)28-20(27)24-16(12-19(25)26)9-13-7-8-17(18(23)10-13)14-5-4-6-15(22)11-14/h4-8,10-11,16H,9,12H2,1-3H3,(H,24,27)(H,25,26). The van der Waals surface area contributed by atoms with Crippen molar-refractivity contribution in [2.45, 2.75) is 45.3 Å². The van der Waals surface area contributed by atoms with Gasteiger partial charge in [-0.3, -0.25) is 4.79 Å². The van der Waals surface area contributed by atoms with E-state index in [9.17, 15) is 9.59 Å². The molecule has 28 heavy (non-hydrogen) atoms. The molecule has 0 spiro atoms. The summed E-state index contributed by atoms with van der Waals surface area (Å²) in [5, 5.41) is 12.9. The summed E-state index contributed by atoms with van der Waals surface area (Å²) in [6.07, 6.45) is -0.575. The summed E-state index contributed by atoms with van der Waals surface area (Å²) >= 11 is 12.5. The zero-order valence-electron chi connectivity index (χ0n) is 16.0. The Balaban J connectivity index is 2.16. The number of halogens is 2. The average Bonchev–Trinajstić information content (AvgIpc) is 2.52. The van der Waals surface area contributed by atoms with Crippen LogP contribution in [0.25, 0.3) is 11.1 Å². The highest BCUT2D eigenvalue weighted by molar-refractivity contribution is 6.34. The van der Waals surface area contributed by atoms with E-state index in [0.29, 0.717) is 16.5 Å². The molecule has 150 valence electrons. The number of amides is 1. The molecule has 1 atom stereocenters. The molecule has 7 heteroatoms. The van der Waals surface area contributed by atoms with Crippen molar-refractivity contribution in [3.05, 3.63) is 58.1 Å². The quantitative estimate of drug-likeness (QED) is 0.636. The Morgan fingerprint density at radius 1 is 1.14 bits per heavy atom. The molecule has 0 heterocycles. The van der Waals surface area contributed by atoms with Gasteiger partial charge < -0.3 is 15.2 Å². The summed E-state index contributed by atoms with van der Waals surface area (Å²) in [5.41, 5.74) is 1.85. The predicted octanol–water partition coefficient (Wildman–Crippen LogP) is 5.57. The highest BCUT2D eigenvalue weighted by atomic mass is 35.5. The van der Waals surface area contributed by atoms with E-state index in [4.69, 9.17) is 33.0 Å². The topological polar surface area (TPSA) is 75.6 Å². The van der Waals surface area contributed by atoms with Crippen molar-refractivity contribution in [3.63, 3.8) is 0 Å². The maximum Gasteiger partial charge on any atom is 0.407 e. The molecule has 2 N–H and O–H groups in total. The Hall–Kier alpha value is -2.24. The van der Waals surface area contributed by atoms with Crippen molar-refractivity contribution in [2.24, 2.45) is 0 Å². The molecular weight excluding hydrogens is 401 g/mol. The van der Waals surface area contributed by atoms with Gasteiger partial charge in [-0.15, -0.1) is 0 Å². The lowest BCUT2D eigenvalue weighted by Crippen LogP contribution is -2.41. The van der Waals surface area contributed by atoms with E-state index in [0.717, 1.165) is 16.7 Å². The lowest BCUT2D eigenvalue weighted by atomic mass is 9.99. The molecule has 0 fully saturated rings. The summed E-state index contributed by atoms with van der Waals surface area (Å²) < 4.78 is 5.22. The maximum atomic E-state index is 12.0. The van der Waals surface area contributed by atoms with Crippen LogP contribution in [-0.4, -0.2) is 28.8 Å². The van der Waals surface area contributed by atoms with Gasteiger partial charge >= 0.3 is 12.1 Å². The van der Waals surface area contributed by atoms with Gasteiger partial charge in [-0.2, -0.15) is 0 Å². The molecule has 0 saturated heterocycles. The van der Waals surface area contributed by atoms with Crippen LogP contribution >= 0.6 is 23.2 Å². The average molecular weight is 424 g/mol. The Morgan fingerprint density at radius 2 is 1.86 bits per heavy atom. The zero-order chi connectivity index (χ0) is 20.9. The largest absolute Gasteiger partial charge is 0.481 e. The molecule has 0 aliphatic carbocycles. The Kier molecular flexibility index (Phi) is 7.33. The number of carboxylic acids is 1. The van der Waals surface area contributed by atoms with E-state index in [-0.39, 0.29) is 6.42 Å². The fourth-order valence-electron chi connectivity index (χ4n) is 2.72. The summed E-state index contributed by atoms with van der Waals surface area (Å²) in [7, 11) is 0. The normalized spacial score (nSPS) is 12.3. The van der Waals surface area contributed by atoms with Crippen molar-refractivity contribution in [3.8, 4) is 11.1 Å². The number of benzene rings is 2. The van der Waals surface area contributed by atoms with E-state index < -0.39 is 23.7 Å². The molecule has 2 aromatic carbocycles. The first-order chi connectivity index (χ1) is 13.0. The number of aliphatic carboxylic acids is 1. The van der Waals surface area contributed by atoms with Crippen molar-refractivity contribution in [2.75, 3.05) is 0 Å². The van der Waals surface area contributed by atoms with Crippen LogP contribution in [0.1, 0.15) is 32.8 Å². The van der Waals surface area contributed by atoms with Crippen molar-refractivity contribution < 1.29 is 19.4 Å². The van der Waals surface area contributed by atoms with E-state index in [1.165, 1.54) is 0 Å². The minimum Gasteiger partial charge on any atom is -0.481 e. The first kappa shape index (κ1) is 22.1. The molecule has 0 aromatic heterocycles. The lowest BCUT2D eigenvalue weighted by molar-refractivity contribution is -0.137. The van der Waals surface area contributed by atoms with Gasteiger partial charge in [0.1, 0.15) is 5.60 Å². The van der Waals surface area contributed by atoms with Gasteiger partial charge in [-0.25, -0.2) is 4.79 Å². The molecule has 1 unspecified atom stereocenters. The monoisotopic (exact) mass is 423 g/mol. The van der Waals surface area contributed by atoms with Crippen LogP contribution in [0.3, 0.4) is 0 Å². The number of hydrogen-bond donors (Lipinski definition) is 2. The number of rotatable bonds is 6. The third kappa shape index (κ3) is 7.06. The van der Waals surface area contributed by atoms with Gasteiger partial charge in [-0.1, -0.05) is 47.5 Å². The molecule has 2 rings (SSSR count). The second kappa shape index (κ2) is 9.30. The minimum absolute atomic E-state index is 0.229. The predicted molar refractivity (Wildman–Crippen MR) is 111 cm³/mol. The highest BCUT2D eigenvalue weighted by Gasteiger charge is 2.22. The molecule has 0 saturated carbocycles. The molecule has 2 aromatic rings. The van der Waals surface area contributed by atoms with Gasteiger partial charge in [0.15, 0.2) is 0 Å². The molecule has 0 radical (unpaired) electrons. The Labute approximate surface area is 174 Å². The third-order valence-electron chi connectivity index (χ3n) is 3.79. The Morgan fingerprint density at radius 3 is 2.43 bits per heavy atom. The number of hydrogen-bond acceptors (Lipinski definition) is 3. The smallest absolute Gasteiger partial charge is 0.407 e. The fourth-order valence-corrected chi connectivity index (χ4v) is 3.22. The summed E-state index contributed by atoms with van der Waals surface area (Å²) in [6.45, 7) is 5.23. The maximum absolute atomic E-state index is 12.0. The second-order valence-electron chi connectivity index (χ2n) is 7.47. The van der Waals surface area contributed by atoms with Gasteiger partial charge in [0.25, 0.3) is 0 Å². The first-order valence-corrected chi connectivity index (χ1v) is 9.55. The summed E-state index contributed by atoms with van der Waals surface area (Å²) in [6, 6.07) is 12.2. The van der Waals surface area contributed by atoms with Crippen LogP contribution in [0.5, 0.6) is 0 Å². The number of carboxylic acid groups (broad SMARTS) is 1. The molecule has 0 aliphatic rings. The summed E-state index contributed by atoms with van der Waals surface area (Å²) in [5.74, 6) is -1.01. The van der Waals surface area contributed by atoms with Crippen LogP contribution in [-0.2, 0) is 16.0 Å². The molecule has 1 amide bonds. The lowest BCUT2D eigenvalue weighted by Gasteiger charge is -2.23. The van der Waals surface area contributed by atoms with Crippen LogP contribution < -0.4 is 5.32 Å². The first-order valence-electron chi connectivity index (χ1n) is 8.79. The molecular formula is C21H23Cl2NO4. The van der Waals surface area contributed by atoms with Crippen molar-refractivity contribution >= 4 is 35.3 Å². The van der Waals surface area contributed by atoms with Gasteiger partial charge in [0, 0.05) is 21.7 Å². The van der Waals surface area contributed by atoms with Crippen LogP contribution in [0.2, 0.25) is 10.0 Å². The number of carbonyl (C=O) groups is 2. The van der Waals surface area contributed by atoms with Gasteiger partial charge in [0.2, 0.25) is 0 Å². The van der Waals surface area contributed by atoms with E-state index in [1.807, 2.05) is 30.3 Å². The number of alkyl carbamates (subject to hydrolysis) is 1. The third-order valence-corrected chi connectivity index (χ3v) is 4.34. The number of carbonyl (C=O) groups excluding carboxylic acids is 1. The van der Waals surface area contributed by atoms with Crippen LogP contribution in [0.4, 0.5) is 4.79 Å². The second-order valence-corrected chi connectivity index (χ2v) is 8.31. The molecule has 0 bridgehead atoms. The van der Waals surface area contributed by atoms with Gasteiger partial charge in [0.05, 0.1) is 6.42 Å². The van der Waals surface area contributed by atoms with Gasteiger partial charge in [-0.05, 0) is 56.5 Å². The molecule has 5 nitrogen and oxygen atoms in total. The summed E-state index contributed by atoms with van der Waals surface area (Å²) in [4.78, 5) is 23.2. The zero-order valence-corrected chi connectivity index (χ0v) is 17.5. The fraction of sp³-hybridized carbons (Fsp3) is 0.333. The van der Waals surface area contributed by atoms with E-state index in [2.05, 4.69) is 5.32 Å². The van der Waals surface area contributed by atoms with Crippen LogP contribution in [0, 0.1) is 0 Å². The molecule has 0 aliphatic heterocycles. The highest BCUT2D eigenvalue weighted by Crippen LogP contribution is 2.30. The number of ether oxygens (including phenoxy) is 1. The minimum atomic E-state index is -1.01. The van der Waals surface area contributed by atoms with E-state index in [1.54, 1.807) is 32.9 Å². The Bertz CT molecular complexity index is 862. The van der Waals surface area contributed by atoms with Crippen molar-refractivity contribution in [1.82, 2.24) is 5.32 Å². The number of nitrogens with one attached hydrogen (secondary N) is 1. The SMILES string of the molecule is CC(C)(C)OC(=O)NC(CC(=O)O)Cc1ccc(-c2cccc(Cl)c2)c(Cl)c1. The van der Waals surface area contributed by atoms with Crippen molar-refractivity contribution in [1.29, 1.82) is 0 Å². The van der Waals surface area contributed by atoms with E-state index >= 15 is 0 Å². The van der Waals surface area contributed by atoms with Crippen LogP contribution in [0.15, 0.2) is 42.5 Å².